The van der Waals surface area contributed by atoms with Crippen LogP contribution >= 0.6 is 0 Å². The predicted octanol–water partition coefficient (Wildman–Crippen LogP) is 4.39. The van der Waals surface area contributed by atoms with Crippen molar-refractivity contribution in [3.8, 4) is 22.9 Å². The Kier molecular flexibility index (Phi) is 7.40. The van der Waals surface area contributed by atoms with Gasteiger partial charge in [-0.2, -0.15) is 0 Å². The molecule has 7 heteroatoms. The monoisotopic (exact) mass is 447 g/mol. The van der Waals surface area contributed by atoms with E-state index in [4.69, 9.17) is 19.4 Å². The molecule has 0 aliphatic carbocycles. The molecule has 2 aromatic heterocycles. The number of benzene rings is 1. The molecule has 1 atom stereocenters. The van der Waals surface area contributed by atoms with Gasteiger partial charge in [-0.1, -0.05) is 6.07 Å². The number of likely N-dealkylation sites (tertiary alicyclic amines) is 1. The van der Waals surface area contributed by atoms with Crippen molar-refractivity contribution in [2.75, 3.05) is 45.8 Å². The van der Waals surface area contributed by atoms with Crippen molar-refractivity contribution >= 4 is 5.82 Å². The van der Waals surface area contributed by atoms with Crippen LogP contribution in [0, 0.1) is 0 Å². The van der Waals surface area contributed by atoms with Gasteiger partial charge < -0.3 is 14.4 Å². The molecule has 174 valence electrons. The highest BCUT2D eigenvalue weighted by molar-refractivity contribution is 5.57. The molecule has 3 heterocycles. The van der Waals surface area contributed by atoms with Crippen LogP contribution in [0.1, 0.15) is 36.9 Å². The second-order valence-corrected chi connectivity index (χ2v) is 8.60. The van der Waals surface area contributed by atoms with E-state index < -0.39 is 0 Å². The number of pyridine rings is 1. The van der Waals surface area contributed by atoms with Crippen molar-refractivity contribution < 1.29 is 9.47 Å². The molecule has 1 unspecified atom stereocenters. The van der Waals surface area contributed by atoms with Crippen molar-refractivity contribution in [2.24, 2.45) is 0 Å². The van der Waals surface area contributed by atoms with Gasteiger partial charge >= 0.3 is 0 Å². The maximum absolute atomic E-state index is 5.66. The number of methoxy groups -OCH3 is 1. The predicted molar refractivity (Wildman–Crippen MR) is 131 cm³/mol. The zero-order valence-electron chi connectivity index (χ0n) is 20.0. The van der Waals surface area contributed by atoms with Gasteiger partial charge in [0.2, 0.25) is 0 Å². The van der Waals surface area contributed by atoms with Crippen LogP contribution in [0.15, 0.2) is 48.8 Å². The summed E-state index contributed by atoms with van der Waals surface area (Å²) in [5.74, 6) is 3.60. The summed E-state index contributed by atoms with van der Waals surface area (Å²) in [6.07, 6.45) is 5.86. The van der Waals surface area contributed by atoms with Gasteiger partial charge in [0, 0.05) is 57.1 Å². The van der Waals surface area contributed by atoms with Gasteiger partial charge in [0.1, 0.15) is 5.82 Å². The van der Waals surface area contributed by atoms with Gasteiger partial charge in [-0.25, -0.2) is 9.97 Å². The highest BCUT2D eigenvalue weighted by Crippen LogP contribution is 2.32. The fourth-order valence-corrected chi connectivity index (χ4v) is 4.30. The minimum Gasteiger partial charge on any atom is -0.493 e. The van der Waals surface area contributed by atoms with Crippen molar-refractivity contribution in [2.45, 2.75) is 32.2 Å². The van der Waals surface area contributed by atoms with Crippen molar-refractivity contribution in [3.63, 3.8) is 0 Å². The van der Waals surface area contributed by atoms with Gasteiger partial charge in [-0.3, -0.25) is 9.88 Å². The Morgan fingerprint density at radius 1 is 1.12 bits per heavy atom. The lowest BCUT2D eigenvalue weighted by atomic mass is 9.94. The zero-order valence-corrected chi connectivity index (χ0v) is 20.0. The quantitative estimate of drug-likeness (QED) is 0.507. The molecule has 0 amide bonds. The summed E-state index contributed by atoms with van der Waals surface area (Å²) in [7, 11) is 5.73. The summed E-state index contributed by atoms with van der Waals surface area (Å²) in [5, 5.41) is 0. The van der Waals surface area contributed by atoms with E-state index in [1.54, 1.807) is 13.3 Å². The molecule has 0 saturated carbocycles. The molecular weight excluding hydrogens is 414 g/mol. The Balaban J connectivity index is 1.54. The molecule has 3 aromatic rings. The molecule has 4 rings (SSSR count). The van der Waals surface area contributed by atoms with Crippen LogP contribution in [0.5, 0.6) is 11.5 Å². The lowest BCUT2D eigenvalue weighted by molar-refractivity contribution is 0.198. The lowest BCUT2D eigenvalue weighted by Crippen LogP contribution is -2.34. The standard InChI is InChI=1S/C26H33N5O2/c1-5-33-23-11-10-19(14-24(23)32-4)17-31-13-7-9-21(18-31)22-15-25(30(2)3)29-26(28-22)20-8-6-12-27-16-20/h6,8,10-12,14-16,21H,5,7,9,13,17-18H2,1-4H3. The zero-order chi connectivity index (χ0) is 23.2. The Morgan fingerprint density at radius 3 is 2.73 bits per heavy atom. The van der Waals surface area contributed by atoms with Crippen molar-refractivity contribution in [1.82, 2.24) is 19.9 Å². The van der Waals surface area contributed by atoms with Gasteiger partial charge in [0.25, 0.3) is 0 Å². The van der Waals surface area contributed by atoms with E-state index in [9.17, 15) is 0 Å². The van der Waals surface area contributed by atoms with Gasteiger partial charge in [-0.05, 0) is 56.1 Å². The third kappa shape index (κ3) is 5.60. The van der Waals surface area contributed by atoms with E-state index in [1.165, 1.54) is 5.56 Å². The van der Waals surface area contributed by atoms with Crippen molar-refractivity contribution in [3.05, 3.63) is 60.0 Å². The maximum Gasteiger partial charge on any atom is 0.163 e. The second kappa shape index (κ2) is 10.6. The van der Waals surface area contributed by atoms with Crippen LogP contribution in [0.3, 0.4) is 0 Å². The number of rotatable bonds is 8. The average molecular weight is 448 g/mol. The number of aromatic nitrogens is 3. The molecule has 1 aromatic carbocycles. The Morgan fingerprint density at radius 2 is 2.00 bits per heavy atom. The van der Waals surface area contributed by atoms with Gasteiger partial charge in [0.05, 0.1) is 19.4 Å². The smallest absolute Gasteiger partial charge is 0.163 e. The summed E-state index contributed by atoms with van der Waals surface area (Å²) in [6.45, 7) is 5.52. The highest BCUT2D eigenvalue weighted by atomic mass is 16.5. The number of hydrogen-bond acceptors (Lipinski definition) is 7. The average Bonchev–Trinajstić information content (AvgIpc) is 2.85. The third-order valence-electron chi connectivity index (χ3n) is 5.97. The molecule has 33 heavy (non-hydrogen) atoms. The molecule has 7 nitrogen and oxygen atoms in total. The molecule has 1 aliphatic rings. The molecule has 1 saturated heterocycles. The van der Waals surface area contributed by atoms with E-state index in [0.717, 1.165) is 66.9 Å². The number of ether oxygens (including phenoxy) is 2. The number of piperidine rings is 1. The fraction of sp³-hybridized carbons (Fsp3) is 0.423. The normalized spacial score (nSPS) is 16.4. The van der Waals surface area contributed by atoms with E-state index in [-0.39, 0.29) is 0 Å². The first-order valence-corrected chi connectivity index (χ1v) is 11.6. The molecule has 1 fully saturated rings. The number of anilines is 1. The number of hydrogen-bond donors (Lipinski definition) is 0. The molecule has 0 N–H and O–H groups in total. The minimum absolute atomic E-state index is 0.362. The van der Waals surface area contributed by atoms with Crippen LogP contribution in [0.2, 0.25) is 0 Å². The fourth-order valence-electron chi connectivity index (χ4n) is 4.30. The summed E-state index contributed by atoms with van der Waals surface area (Å²) < 4.78 is 11.2. The summed E-state index contributed by atoms with van der Waals surface area (Å²) >= 11 is 0. The Hall–Kier alpha value is -3.19. The lowest BCUT2D eigenvalue weighted by Gasteiger charge is -2.33. The SMILES string of the molecule is CCOc1ccc(CN2CCCC(c3cc(N(C)C)nc(-c4cccnc4)n3)C2)cc1OC. The maximum atomic E-state index is 5.66. The highest BCUT2D eigenvalue weighted by Gasteiger charge is 2.24. The van der Waals surface area contributed by atoms with E-state index in [2.05, 4.69) is 28.1 Å². The first-order chi connectivity index (χ1) is 16.1. The van der Waals surface area contributed by atoms with E-state index >= 15 is 0 Å². The molecule has 1 aliphatic heterocycles. The second-order valence-electron chi connectivity index (χ2n) is 8.60. The summed E-state index contributed by atoms with van der Waals surface area (Å²) in [5.41, 5.74) is 3.27. The van der Waals surface area contributed by atoms with Crippen LogP contribution < -0.4 is 14.4 Å². The molecule has 0 spiro atoms. The van der Waals surface area contributed by atoms with Gasteiger partial charge in [-0.15, -0.1) is 0 Å². The summed E-state index contributed by atoms with van der Waals surface area (Å²) in [6, 6.07) is 12.3. The largest absolute Gasteiger partial charge is 0.493 e. The minimum atomic E-state index is 0.362. The van der Waals surface area contributed by atoms with E-state index in [0.29, 0.717) is 12.5 Å². The Labute approximate surface area is 196 Å². The first kappa shape index (κ1) is 23.0. The molecular formula is C26H33N5O2. The summed E-state index contributed by atoms with van der Waals surface area (Å²) in [4.78, 5) is 18.5. The van der Waals surface area contributed by atoms with E-state index in [1.807, 2.05) is 50.3 Å². The van der Waals surface area contributed by atoms with Gasteiger partial charge in [0.15, 0.2) is 17.3 Å². The topological polar surface area (TPSA) is 63.6 Å². The van der Waals surface area contributed by atoms with Crippen LogP contribution in [-0.2, 0) is 6.54 Å². The van der Waals surface area contributed by atoms with Crippen molar-refractivity contribution in [1.29, 1.82) is 0 Å². The third-order valence-corrected chi connectivity index (χ3v) is 5.97. The Bertz CT molecular complexity index is 1060. The van der Waals surface area contributed by atoms with Crippen LogP contribution in [-0.4, -0.2) is 60.8 Å². The first-order valence-electron chi connectivity index (χ1n) is 11.6. The van der Waals surface area contributed by atoms with Crippen LogP contribution in [0.4, 0.5) is 5.82 Å². The molecule has 0 radical (unpaired) electrons. The number of nitrogens with zero attached hydrogens (tertiary/aromatic N) is 5. The van der Waals surface area contributed by atoms with Crippen LogP contribution in [0.25, 0.3) is 11.4 Å². The molecule has 0 bridgehead atoms.